The smallest absolute Gasteiger partial charge is 0.0970 e. The first kappa shape index (κ1) is 15.0. The van der Waals surface area contributed by atoms with Gasteiger partial charge >= 0.3 is 0 Å². The van der Waals surface area contributed by atoms with Gasteiger partial charge < -0.3 is 0 Å². The summed E-state index contributed by atoms with van der Waals surface area (Å²) in [6.45, 7) is 0. The van der Waals surface area contributed by atoms with E-state index in [1.807, 2.05) is 18.5 Å². The molecule has 4 aromatic rings. The third-order valence-corrected chi connectivity index (χ3v) is 5.07. The molecule has 0 spiro atoms. The van der Waals surface area contributed by atoms with Crippen molar-refractivity contribution >= 4 is 27.4 Å². The minimum atomic E-state index is 0.970. The van der Waals surface area contributed by atoms with E-state index in [4.69, 9.17) is 4.98 Å². The van der Waals surface area contributed by atoms with E-state index in [1.165, 1.54) is 27.6 Å². The topological polar surface area (TPSA) is 25.8 Å². The second-order valence-electron chi connectivity index (χ2n) is 6.60. The Labute approximate surface area is 152 Å². The molecule has 1 aliphatic carbocycles. The fraction of sp³-hybridized carbons (Fsp3) is 0.0833. The van der Waals surface area contributed by atoms with Crippen molar-refractivity contribution in [1.29, 1.82) is 0 Å². The predicted octanol–water partition coefficient (Wildman–Crippen LogP) is 6.18. The van der Waals surface area contributed by atoms with Gasteiger partial charge in [0.1, 0.15) is 0 Å². The van der Waals surface area contributed by atoms with Crippen LogP contribution in [0.4, 0.5) is 0 Å². The molecule has 0 N–H and O–H groups in total. The minimum absolute atomic E-state index is 0.970. The zero-order valence-corrected chi connectivity index (χ0v) is 14.4. The van der Waals surface area contributed by atoms with Crippen LogP contribution in [-0.2, 0) is 0 Å². The van der Waals surface area contributed by atoms with E-state index >= 15 is 0 Å². The molecular formula is C24H18N2. The van der Waals surface area contributed by atoms with E-state index in [1.54, 1.807) is 0 Å². The number of pyridine rings is 2. The van der Waals surface area contributed by atoms with E-state index in [-0.39, 0.29) is 0 Å². The van der Waals surface area contributed by atoms with Crippen molar-refractivity contribution in [3.63, 3.8) is 0 Å². The molecule has 0 fully saturated rings. The summed E-state index contributed by atoms with van der Waals surface area (Å²) in [5.41, 5.74) is 7.00. The molecule has 2 aromatic heterocycles. The Kier molecular flexibility index (Phi) is 3.60. The van der Waals surface area contributed by atoms with Crippen molar-refractivity contribution in [1.82, 2.24) is 9.97 Å². The third kappa shape index (κ3) is 2.42. The maximum Gasteiger partial charge on any atom is 0.0970 e. The zero-order valence-electron chi connectivity index (χ0n) is 14.4. The fourth-order valence-corrected chi connectivity index (χ4v) is 3.80. The molecule has 0 bridgehead atoms. The van der Waals surface area contributed by atoms with Gasteiger partial charge in [-0.25, -0.2) is 0 Å². The highest BCUT2D eigenvalue weighted by Crippen LogP contribution is 2.34. The summed E-state index contributed by atoms with van der Waals surface area (Å²) in [6.07, 6.45) is 12.6. The largest absolute Gasteiger partial charge is 0.254 e. The number of nitrogens with zero attached hydrogens (tertiary/aromatic N) is 2. The Balaban J connectivity index is 1.79. The molecule has 26 heavy (non-hydrogen) atoms. The summed E-state index contributed by atoms with van der Waals surface area (Å²) < 4.78 is 0. The SMILES string of the molecule is C1=CCCC(c2ccnc3c2ccc2c(-c4ccccc4)ccnc23)=C1. The van der Waals surface area contributed by atoms with Crippen LogP contribution < -0.4 is 0 Å². The highest BCUT2D eigenvalue weighted by molar-refractivity contribution is 6.10. The summed E-state index contributed by atoms with van der Waals surface area (Å²) in [6, 6.07) is 19.1. The van der Waals surface area contributed by atoms with Crippen LogP contribution in [0.1, 0.15) is 18.4 Å². The Morgan fingerprint density at radius 1 is 0.692 bits per heavy atom. The van der Waals surface area contributed by atoms with Gasteiger partial charge in [-0.1, -0.05) is 60.7 Å². The molecule has 0 saturated heterocycles. The molecule has 2 heteroatoms. The van der Waals surface area contributed by atoms with Crippen LogP contribution in [0.2, 0.25) is 0 Å². The molecule has 0 atom stereocenters. The molecule has 0 saturated carbocycles. The lowest BCUT2D eigenvalue weighted by molar-refractivity contribution is 1.06. The molecule has 1 aliphatic rings. The van der Waals surface area contributed by atoms with Crippen LogP contribution in [0.15, 0.2) is 85.2 Å². The summed E-state index contributed by atoms with van der Waals surface area (Å²) in [7, 11) is 0. The van der Waals surface area contributed by atoms with Crippen molar-refractivity contribution in [3.05, 3.63) is 90.8 Å². The molecule has 0 unspecified atom stereocenters. The summed E-state index contributed by atoms with van der Waals surface area (Å²) in [5, 5.41) is 2.33. The fourth-order valence-electron chi connectivity index (χ4n) is 3.80. The molecule has 0 amide bonds. The Morgan fingerprint density at radius 3 is 2.08 bits per heavy atom. The molecule has 2 heterocycles. The van der Waals surface area contributed by atoms with Gasteiger partial charge in [-0.3, -0.25) is 9.97 Å². The van der Waals surface area contributed by atoms with Gasteiger partial charge in [-0.15, -0.1) is 0 Å². The predicted molar refractivity (Wildman–Crippen MR) is 109 cm³/mol. The van der Waals surface area contributed by atoms with Crippen molar-refractivity contribution < 1.29 is 0 Å². The highest BCUT2D eigenvalue weighted by atomic mass is 14.7. The second kappa shape index (κ2) is 6.23. The number of hydrogen-bond acceptors (Lipinski definition) is 2. The minimum Gasteiger partial charge on any atom is -0.254 e. The number of rotatable bonds is 2. The van der Waals surface area contributed by atoms with Gasteiger partial charge in [0.15, 0.2) is 0 Å². The monoisotopic (exact) mass is 334 g/mol. The van der Waals surface area contributed by atoms with Crippen LogP contribution >= 0.6 is 0 Å². The number of fused-ring (bicyclic) bond motifs is 3. The Bertz CT molecular complexity index is 1170. The number of hydrogen-bond donors (Lipinski definition) is 0. The summed E-state index contributed by atoms with van der Waals surface area (Å²) in [4.78, 5) is 9.38. The average Bonchev–Trinajstić information content (AvgIpc) is 2.74. The molecule has 0 radical (unpaired) electrons. The van der Waals surface area contributed by atoms with E-state index < -0.39 is 0 Å². The standard InChI is InChI=1S/C24H18N2/c1-3-7-17(8-4-1)19-13-15-25-23-21(19)11-12-22-20(14-16-26-24(22)23)18-9-5-2-6-10-18/h1-5,7-9,11-16H,6,10H2. The lowest BCUT2D eigenvalue weighted by atomic mass is 9.93. The normalized spacial score (nSPS) is 13.9. The number of benzene rings is 2. The van der Waals surface area contributed by atoms with Gasteiger partial charge in [0.2, 0.25) is 0 Å². The zero-order chi connectivity index (χ0) is 17.3. The summed E-state index contributed by atoms with van der Waals surface area (Å²) in [5.74, 6) is 0. The van der Waals surface area contributed by atoms with Crippen molar-refractivity contribution in [2.45, 2.75) is 12.8 Å². The number of allylic oxidation sites excluding steroid dienone is 4. The summed E-state index contributed by atoms with van der Waals surface area (Å²) >= 11 is 0. The molecular weight excluding hydrogens is 316 g/mol. The quantitative estimate of drug-likeness (QED) is 0.409. The molecule has 2 nitrogen and oxygen atoms in total. The lowest BCUT2D eigenvalue weighted by Crippen LogP contribution is -1.93. The van der Waals surface area contributed by atoms with Crippen LogP contribution in [0.25, 0.3) is 38.5 Å². The first-order valence-corrected chi connectivity index (χ1v) is 9.00. The van der Waals surface area contributed by atoms with Crippen LogP contribution in [0.5, 0.6) is 0 Å². The average molecular weight is 334 g/mol. The van der Waals surface area contributed by atoms with Gasteiger partial charge in [-0.2, -0.15) is 0 Å². The van der Waals surface area contributed by atoms with Gasteiger partial charge in [-0.05, 0) is 47.2 Å². The third-order valence-electron chi connectivity index (χ3n) is 5.07. The van der Waals surface area contributed by atoms with E-state index in [0.29, 0.717) is 0 Å². The van der Waals surface area contributed by atoms with Crippen molar-refractivity contribution in [3.8, 4) is 11.1 Å². The first-order chi connectivity index (χ1) is 12.9. The van der Waals surface area contributed by atoms with Gasteiger partial charge in [0, 0.05) is 23.2 Å². The maximum absolute atomic E-state index is 4.69. The van der Waals surface area contributed by atoms with Gasteiger partial charge in [0.05, 0.1) is 11.0 Å². The maximum atomic E-state index is 4.69. The van der Waals surface area contributed by atoms with E-state index in [0.717, 1.165) is 29.3 Å². The highest BCUT2D eigenvalue weighted by Gasteiger charge is 2.13. The Morgan fingerprint density at radius 2 is 1.38 bits per heavy atom. The van der Waals surface area contributed by atoms with E-state index in [9.17, 15) is 0 Å². The molecule has 124 valence electrons. The van der Waals surface area contributed by atoms with Crippen LogP contribution in [0.3, 0.4) is 0 Å². The second-order valence-corrected chi connectivity index (χ2v) is 6.60. The van der Waals surface area contributed by atoms with Crippen molar-refractivity contribution in [2.24, 2.45) is 0 Å². The Hall–Kier alpha value is -3.26. The molecule has 2 aromatic carbocycles. The molecule has 5 rings (SSSR count). The van der Waals surface area contributed by atoms with Crippen molar-refractivity contribution in [2.75, 3.05) is 0 Å². The van der Waals surface area contributed by atoms with Crippen LogP contribution in [-0.4, -0.2) is 9.97 Å². The lowest BCUT2D eigenvalue weighted by Gasteiger charge is -2.14. The molecule has 0 aliphatic heterocycles. The van der Waals surface area contributed by atoms with E-state index in [2.05, 4.69) is 71.7 Å². The van der Waals surface area contributed by atoms with Crippen LogP contribution in [0, 0.1) is 0 Å². The first-order valence-electron chi connectivity index (χ1n) is 9.00. The number of aromatic nitrogens is 2. The van der Waals surface area contributed by atoms with Gasteiger partial charge in [0.25, 0.3) is 0 Å².